The minimum atomic E-state index is -0.629. The Kier molecular flexibility index (Phi) is 5.19. The molecule has 26 heavy (non-hydrogen) atoms. The minimum absolute atomic E-state index is 0.169. The maximum absolute atomic E-state index is 11.8. The summed E-state index contributed by atoms with van der Waals surface area (Å²) in [6.07, 6.45) is 2.98. The number of fused-ring (bicyclic) bond motifs is 1. The summed E-state index contributed by atoms with van der Waals surface area (Å²) in [5.41, 5.74) is 1.75. The number of aromatic nitrogens is 1. The van der Waals surface area contributed by atoms with Gasteiger partial charge in [-0.1, -0.05) is 48.5 Å². The molecule has 2 amide bonds. The van der Waals surface area contributed by atoms with Crippen molar-refractivity contribution in [1.29, 1.82) is 0 Å². The Balaban J connectivity index is 1.57. The third-order valence-corrected chi connectivity index (χ3v) is 3.56. The van der Waals surface area contributed by atoms with Crippen molar-refractivity contribution in [3.05, 3.63) is 66.2 Å². The van der Waals surface area contributed by atoms with Crippen molar-refractivity contribution in [2.24, 2.45) is 10.2 Å². The van der Waals surface area contributed by atoms with Gasteiger partial charge in [0.25, 0.3) is 5.91 Å². The molecule has 0 aliphatic heterocycles. The number of hydrogen-bond acceptors (Lipinski definition) is 4. The molecule has 3 N–H and O–H groups in total. The summed E-state index contributed by atoms with van der Waals surface area (Å²) in [6, 6.07) is 16.4. The van der Waals surface area contributed by atoms with Gasteiger partial charge in [-0.3, -0.25) is 9.59 Å². The average molecular weight is 348 g/mol. The molecule has 1 heterocycles. The summed E-state index contributed by atoms with van der Waals surface area (Å²) >= 11 is 0. The minimum Gasteiger partial charge on any atom is -0.493 e. The van der Waals surface area contributed by atoms with Gasteiger partial charge in [-0.15, -0.1) is 10.2 Å². The fourth-order valence-corrected chi connectivity index (χ4v) is 2.31. The van der Waals surface area contributed by atoms with Crippen LogP contribution in [0.1, 0.15) is 5.56 Å². The number of benzene rings is 2. The summed E-state index contributed by atoms with van der Waals surface area (Å²) < 4.78 is 0. The van der Waals surface area contributed by atoms with E-state index in [-0.39, 0.29) is 18.1 Å². The van der Waals surface area contributed by atoms with Crippen LogP contribution in [-0.2, 0) is 9.59 Å². The van der Waals surface area contributed by atoms with Gasteiger partial charge in [0.05, 0.1) is 5.52 Å². The molecule has 0 saturated carbocycles. The predicted octanol–water partition coefficient (Wildman–Crippen LogP) is 3.31. The lowest BCUT2D eigenvalue weighted by atomic mass is 10.2. The van der Waals surface area contributed by atoms with Gasteiger partial charge < -0.3 is 15.4 Å². The Hall–Kier alpha value is -3.74. The second-order valence-corrected chi connectivity index (χ2v) is 5.42. The van der Waals surface area contributed by atoms with Crippen LogP contribution in [-0.4, -0.2) is 28.4 Å². The van der Waals surface area contributed by atoms with E-state index < -0.39 is 11.8 Å². The van der Waals surface area contributed by atoms with E-state index in [1.807, 2.05) is 36.4 Å². The maximum atomic E-state index is 11.8. The average Bonchev–Trinajstić information content (AvgIpc) is 2.99. The molecule has 1 aromatic heterocycles. The van der Waals surface area contributed by atoms with Crippen molar-refractivity contribution in [3.63, 3.8) is 0 Å². The molecule has 7 nitrogen and oxygen atoms in total. The van der Waals surface area contributed by atoms with E-state index in [0.29, 0.717) is 10.9 Å². The quantitative estimate of drug-likeness (QED) is 0.486. The van der Waals surface area contributed by atoms with E-state index >= 15 is 0 Å². The number of rotatable bonds is 5. The molecule has 2 aromatic carbocycles. The van der Waals surface area contributed by atoms with Gasteiger partial charge in [0.1, 0.15) is 6.54 Å². The maximum Gasteiger partial charge on any atom is 0.283 e. The third-order valence-electron chi connectivity index (χ3n) is 3.56. The van der Waals surface area contributed by atoms with Crippen LogP contribution < -0.4 is 5.32 Å². The Bertz CT molecular complexity index is 990. The summed E-state index contributed by atoms with van der Waals surface area (Å²) in [7, 11) is 0. The molecule has 0 radical (unpaired) electrons. The van der Waals surface area contributed by atoms with Crippen LogP contribution >= 0.6 is 0 Å². The van der Waals surface area contributed by atoms with Crippen molar-refractivity contribution >= 4 is 34.5 Å². The van der Waals surface area contributed by atoms with E-state index in [2.05, 4.69) is 20.5 Å². The number of carbonyl (C=O) groups is 2. The van der Waals surface area contributed by atoms with Crippen LogP contribution in [0.4, 0.5) is 5.69 Å². The molecule has 0 spiro atoms. The molecule has 0 aliphatic rings. The lowest BCUT2D eigenvalue weighted by Gasteiger charge is -1.97. The highest BCUT2D eigenvalue weighted by Gasteiger charge is 2.10. The molecule has 7 heteroatoms. The standard InChI is InChI=1S/C19H16N4O3/c24-16(11-10-13-6-2-1-3-7-13)20-12-17(25)22-23-18-14-8-4-5-9-15(14)21-19(18)26/h1-11,21,26H,12H2,(H,20,24)/b11-10+,23-22?. The third kappa shape index (κ3) is 4.21. The Morgan fingerprint density at radius 2 is 1.81 bits per heavy atom. The zero-order chi connectivity index (χ0) is 18.4. The van der Waals surface area contributed by atoms with Crippen molar-refractivity contribution in [2.45, 2.75) is 0 Å². The van der Waals surface area contributed by atoms with Gasteiger partial charge in [0.15, 0.2) is 5.69 Å². The first-order valence-electron chi connectivity index (χ1n) is 7.88. The predicted molar refractivity (Wildman–Crippen MR) is 98.0 cm³/mol. The van der Waals surface area contributed by atoms with Crippen LogP contribution in [0, 0.1) is 0 Å². The van der Waals surface area contributed by atoms with E-state index in [0.717, 1.165) is 5.56 Å². The SMILES string of the molecule is O=C(CNC(=O)/C=C/c1ccccc1)N=Nc1c(O)[nH]c2ccccc12. The topological polar surface area (TPSA) is 107 Å². The molecule has 0 unspecified atom stereocenters. The first-order chi connectivity index (χ1) is 12.6. The van der Waals surface area contributed by atoms with Crippen molar-refractivity contribution in [2.75, 3.05) is 6.54 Å². The van der Waals surface area contributed by atoms with Crippen LogP contribution in [0.15, 0.2) is 70.9 Å². The summed E-state index contributed by atoms with van der Waals surface area (Å²) in [4.78, 5) is 26.2. The number of nitrogens with zero attached hydrogens (tertiary/aromatic N) is 2. The fourth-order valence-electron chi connectivity index (χ4n) is 2.31. The number of aromatic amines is 1. The highest BCUT2D eigenvalue weighted by atomic mass is 16.3. The molecule has 3 aromatic rings. The second-order valence-electron chi connectivity index (χ2n) is 5.42. The first kappa shape index (κ1) is 17.1. The van der Waals surface area contributed by atoms with Gasteiger partial charge in [0.2, 0.25) is 11.8 Å². The highest BCUT2D eigenvalue weighted by Crippen LogP contribution is 2.35. The van der Waals surface area contributed by atoms with Crippen LogP contribution in [0.5, 0.6) is 5.88 Å². The van der Waals surface area contributed by atoms with E-state index in [9.17, 15) is 14.7 Å². The number of azo groups is 1. The molecular formula is C19H16N4O3. The van der Waals surface area contributed by atoms with Crippen molar-refractivity contribution < 1.29 is 14.7 Å². The van der Waals surface area contributed by atoms with Crippen molar-refractivity contribution in [3.8, 4) is 5.88 Å². The van der Waals surface area contributed by atoms with E-state index in [4.69, 9.17) is 0 Å². The molecule has 0 fully saturated rings. The number of nitrogens with one attached hydrogen (secondary N) is 2. The van der Waals surface area contributed by atoms with Crippen molar-refractivity contribution in [1.82, 2.24) is 10.3 Å². The smallest absolute Gasteiger partial charge is 0.283 e. The van der Waals surface area contributed by atoms with E-state index in [1.165, 1.54) is 6.08 Å². The zero-order valence-corrected chi connectivity index (χ0v) is 13.7. The molecule has 0 bridgehead atoms. The lowest BCUT2D eigenvalue weighted by Crippen LogP contribution is -2.26. The number of para-hydroxylation sites is 1. The molecule has 130 valence electrons. The molecule has 0 saturated heterocycles. The second kappa shape index (κ2) is 7.89. The zero-order valence-electron chi connectivity index (χ0n) is 13.7. The Labute approximate surface area is 149 Å². The monoisotopic (exact) mass is 348 g/mol. The van der Waals surface area contributed by atoms with Gasteiger partial charge in [0, 0.05) is 11.5 Å². The largest absolute Gasteiger partial charge is 0.493 e. The Morgan fingerprint density at radius 3 is 2.62 bits per heavy atom. The molecule has 0 atom stereocenters. The number of amides is 2. The van der Waals surface area contributed by atoms with Crippen LogP contribution in [0.3, 0.4) is 0 Å². The highest BCUT2D eigenvalue weighted by molar-refractivity contribution is 5.95. The van der Waals surface area contributed by atoms with Crippen LogP contribution in [0.25, 0.3) is 17.0 Å². The fraction of sp³-hybridized carbons (Fsp3) is 0.0526. The lowest BCUT2D eigenvalue weighted by molar-refractivity contribution is -0.122. The molecule has 3 rings (SSSR count). The number of aromatic hydroxyl groups is 1. The molecule has 0 aliphatic carbocycles. The number of carbonyl (C=O) groups excluding carboxylic acids is 2. The summed E-state index contributed by atoms with van der Waals surface area (Å²) in [5, 5.41) is 20.3. The normalized spacial score (nSPS) is 11.4. The summed E-state index contributed by atoms with van der Waals surface area (Å²) in [6.45, 7) is -0.287. The van der Waals surface area contributed by atoms with Crippen LogP contribution in [0.2, 0.25) is 0 Å². The number of H-pyrrole nitrogens is 1. The first-order valence-corrected chi connectivity index (χ1v) is 7.88. The Morgan fingerprint density at radius 1 is 1.08 bits per heavy atom. The van der Waals surface area contributed by atoms with E-state index in [1.54, 1.807) is 24.3 Å². The van der Waals surface area contributed by atoms with Gasteiger partial charge in [-0.2, -0.15) is 0 Å². The van der Waals surface area contributed by atoms with Gasteiger partial charge in [-0.25, -0.2) is 0 Å². The number of hydrogen-bond donors (Lipinski definition) is 3. The van der Waals surface area contributed by atoms with Gasteiger partial charge >= 0.3 is 0 Å². The van der Waals surface area contributed by atoms with Gasteiger partial charge in [-0.05, 0) is 17.7 Å². The molecular weight excluding hydrogens is 332 g/mol. The summed E-state index contributed by atoms with van der Waals surface area (Å²) in [5.74, 6) is -1.21.